The second kappa shape index (κ2) is 13.8. The largest absolute Gasteiger partial charge is 0.387 e. The van der Waals surface area contributed by atoms with Crippen molar-refractivity contribution in [2.45, 2.75) is 56.6 Å². The molecule has 36 heavy (non-hydrogen) atoms. The van der Waals surface area contributed by atoms with Gasteiger partial charge in [-0.1, -0.05) is 97.9 Å². The van der Waals surface area contributed by atoms with Crippen molar-refractivity contribution in [2.75, 3.05) is 12.4 Å². The lowest BCUT2D eigenvalue weighted by Crippen LogP contribution is -2.61. The summed E-state index contributed by atoms with van der Waals surface area (Å²) in [5.41, 5.74) is 2.12. The number of benzene rings is 3. The van der Waals surface area contributed by atoms with Crippen molar-refractivity contribution in [3.8, 4) is 0 Å². The van der Waals surface area contributed by atoms with Gasteiger partial charge < -0.3 is 24.1 Å². The molecule has 6 nitrogen and oxygen atoms in total. The van der Waals surface area contributed by atoms with Crippen LogP contribution in [0.5, 0.6) is 0 Å². The van der Waals surface area contributed by atoms with E-state index >= 15 is 0 Å². The summed E-state index contributed by atoms with van der Waals surface area (Å²) in [4.78, 5) is 0. The maximum Gasteiger partial charge on any atom is 0.161 e. The van der Waals surface area contributed by atoms with Crippen molar-refractivity contribution >= 4 is 10.8 Å². The van der Waals surface area contributed by atoms with Crippen LogP contribution < -0.4 is 0 Å². The molecule has 0 aliphatic carbocycles. The van der Waals surface area contributed by atoms with Gasteiger partial charge in [0.2, 0.25) is 0 Å². The van der Waals surface area contributed by atoms with Gasteiger partial charge in [0.05, 0.1) is 37.2 Å². The molecule has 1 fully saturated rings. The second-order valence-corrected chi connectivity index (χ2v) is 10.5. The summed E-state index contributed by atoms with van der Waals surface area (Å²) < 4.78 is 37.6. The van der Waals surface area contributed by atoms with Crippen molar-refractivity contribution in [1.82, 2.24) is 0 Å². The maximum atomic E-state index is 12.8. The predicted molar refractivity (Wildman–Crippen MR) is 139 cm³/mol. The van der Waals surface area contributed by atoms with Gasteiger partial charge in [-0.2, -0.15) is 0 Å². The molecule has 0 aromatic heterocycles. The predicted octanol–water partition coefficient (Wildman–Crippen LogP) is 4.23. The summed E-state index contributed by atoms with van der Waals surface area (Å²) in [6.45, 7) is 3.04. The van der Waals surface area contributed by atoms with Crippen LogP contribution in [0, 0.1) is 0 Å². The number of hydrogen-bond donors (Lipinski definition) is 1. The van der Waals surface area contributed by atoms with Gasteiger partial charge in [-0.05, 0) is 16.7 Å². The number of ether oxygens (including phenoxy) is 4. The van der Waals surface area contributed by atoms with Crippen molar-refractivity contribution in [2.24, 2.45) is 0 Å². The molecule has 3 aromatic carbocycles. The van der Waals surface area contributed by atoms with Crippen LogP contribution in [0.25, 0.3) is 0 Å². The fourth-order valence-corrected chi connectivity index (χ4v) is 5.26. The van der Waals surface area contributed by atoms with Gasteiger partial charge in [-0.15, -0.1) is 0 Å². The van der Waals surface area contributed by atoms with Crippen molar-refractivity contribution < 1.29 is 28.3 Å². The van der Waals surface area contributed by atoms with Gasteiger partial charge >= 0.3 is 0 Å². The van der Waals surface area contributed by atoms with E-state index in [4.69, 9.17) is 18.9 Å². The van der Waals surface area contributed by atoms with E-state index in [9.17, 15) is 9.32 Å². The Hall–Kier alpha value is -2.39. The number of aliphatic hydroxyl groups is 1. The third-order valence-electron chi connectivity index (χ3n) is 6.12. The average molecular weight is 511 g/mol. The van der Waals surface area contributed by atoms with Gasteiger partial charge in [0.25, 0.3) is 0 Å². The molecule has 0 amide bonds. The molecule has 1 aliphatic rings. The van der Waals surface area contributed by atoms with E-state index in [1.165, 1.54) is 0 Å². The summed E-state index contributed by atoms with van der Waals surface area (Å²) in [6, 6.07) is 29.5. The van der Waals surface area contributed by atoms with Gasteiger partial charge in [-0.25, -0.2) is 0 Å². The molecule has 192 valence electrons. The number of aliphatic hydroxyl groups excluding tert-OH is 1. The Labute approximate surface area is 215 Å². The quantitative estimate of drug-likeness (QED) is 0.393. The minimum absolute atomic E-state index is 0.212. The van der Waals surface area contributed by atoms with E-state index < -0.39 is 40.7 Å². The first-order chi connectivity index (χ1) is 17.7. The van der Waals surface area contributed by atoms with Crippen LogP contribution >= 0.6 is 0 Å². The lowest BCUT2D eigenvalue weighted by atomic mass is 9.99. The fraction of sp³-hybridized carbons (Fsp3) is 0.379. The fourth-order valence-electron chi connectivity index (χ4n) is 4.20. The van der Waals surface area contributed by atoms with Gasteiger partial charge in [0, 0.05) is 5.75 Å². The molecule has 0 radical (unpaired) electrons. The van der Waals surface area contributed by atoms with E-state index in [-0.39, 0.29) is 13.2 Å². The van der Waals surface area contributed by atoms with Crippen LogP contribution in [0.2, 0.25) is 0 Å². The highest BCUT2D eigenvalue weighted by Crippen LogP contribution is 2.30. The molecule has 2 unspecified atom stereocenters. The maximum absolute atomic E-state index is 12.8. The van der Waals surface area contributed by atoms with Crippen molar-refractivity contribution in [1.29, 1.82) is 0 Å². The third-order valence-corrected chi connectivity index (χ3v) is 7.60. The Kier molecular flexibility index (Phi) is 10.2. The number of rotatable bonds is 12. The van der Waals surface area contributed by atoms with E-state index in [2.05, 4.69) is 0 Å². The Bertz CT molecular complexity index is 1050. The molecule has 6 atom stereocenters. The smallest absolute Gasteiger partial charge is 0.161 e. The van der Waals surface area contributed by atoms with Crippen molar-refractivity contribution in [3.63, 3.8) is 0 Å². The summed E-state index contributed by atoms with van der Waals surface area (Å²) in [6.07, 6.45) is -3.04. The molecule has 4 rings (SSSR count). The normalized spacial score (nSPS) is 24.9. The van der Waals surface area contributed by atoms with Crippen LogP contribution in [0.3, 0.4) is 0 Å². The Morgan fingerprint density at radius 1 is 0.750 bits per heavy atom. The summed E-state index contributed by atoms with van der Waals surface area (Å²) >= 11 is 0. The molecule has 0 spiro atoms. The van der Waals surface area contributed by atoms with Crippen LogP contribution in [0.4, 0.5) is 0 Å². The summed E-state index contributed by atoms with van der Waals surface area (Å²) in [7, 11) is -1.39. The van der Waals surface area contributed by atoms with Crippen LogP contribution in [-0.2, 0) is 49.6 Å². The van der Waals surface area contributed by atoms with E-state index in [0.29, 0.717) is 19.0 Å². The Morgan fingerprint density at radius 2 is 1.22 bits per heavy atom. The molecule has 1 saturated heterocycles. The molecule has 1 N–H and O–H groups in total. The van der Waals surface area contributed by atoms with Crippen LogP contribution in [-0.4, -0.2) is 51.5 Å². The zero-order chi connectivity index (χ0) is 25.2. The summed E-state index contributed by atoms with van der Waals surface area (Å²) in [5.74, 6) is 0.361. The van der Waals surface area contributed by atoms with E-state index in [1.807, 2.05) is 97.9 Å². The second-order valence-electron chi connectivity index (χ2n) is 8.73. The summed E-state index contributed by atoms with van der Waals surface area (Å²) in [5, 5.41) is 11.2. The molecule has 3 aromatic rings. The van der Waals surface area contributed by atoms with Gasteiger partial charge in [0.1, 0.15) is 24.4 Å². The van der Waals surface area contributed by atoms with Gasteiger partial charge in [-0.3, -0.25) is 4.21 Å². The zero-order valence-corrected chi connectivity index (χ0v) is 21.3. The highest BCUT2D eigenvalue weighted by Gasteiger charge is 2.48. The highest BCUT2D eigenvalue weighted by atomic mass is 32.2. The Balaban J connectivity index is 1.53. The van der Waals surface area contributed by atoms with Gasteiger partial charge in [0.15, 0.2) is 5.44 Å². The SMILES string of the molecule is CCS(=O)C1O[C@H](COCc2ccccc2)[C@@H](OCc2ccccc2)[C@H](OCc2ccccc2)[C@@H]1O. The first-order valence-electron chi connectivity index (χ1n) is 12.3. The molecule has 1 heterocycles. The zero-order valence-electron chi connectivity index (χ0n) is 20.5. The van der Waals surface area contributed by atoms with Crippen molar-refractivity contribution in [3.05, 3.63) is 108 Å². The number of hydrogen-bond acceptors (Lipinski definition) is 6. The first-order valence-corrected chi connectivity index (χ1v) is 13.7. The molecule has 1 aliphatic heterocycles. The Morgan fingerprint density at radius 3 is 1.72 bits per heavy atom. The minimum atomic E-state index is -1.39. The third kappa shape index (κ3) is 7.32. The topological polar surface area (TPSA) is 74.2 Å². The standard InChI is InChI=1S/C29H34O6S/c1-2-36(31)29-26(30)28(34-20-24-16-10-5-11-17-24)27(33-19-23-14-8-4-9-15-23)25(35-29)21-32-18-22-12-6-3-7-13-22/h3-17,25-30H,2,18-21H2,1H3/t25-,26+,27-,28-,29?,36?/m1/s1. The average Bonchev–Trinajstić information content (AvgIpc) is 2.93. The molecule has 0 saturated carbocycles. The monoisotopic (exact) mass is 510 g/mol. The minimum Gasteiger partial charge on any atom is -0.387 e. The lowest BCUT2D eigenvalue weighted by Gasteiger charge is -2.44. The van der Waals surface area contributed by atoms with Crippen LogP contribution in [0.15, 0.2) is 91.0 Å². The van der Waals surface area contributed by atoms with E-state index in [0.717, 1.165) is 16.7 Å². The first kappa shape index (κ1) is 26.7. The lowest BCUT2D eigenvalue weighted by molar-refractivity contribution is -0.243. The highest BCUT2D eigenvalue weighted by molar-refractivity contribution is 7.85. The van der Waals surface area contributed by atoms with E-state index in [1.54, 1.807) is 0 Å². The molecular weight excluding hydrogens is 476 g/mol. The van der Waals surface area contributed by atoms with Crippen LogP contribution in [0.1, 0.15) is 23.6 Å². The molecular formula is C29H34O6S. The molecule has 7 heteroatoms. The molecule has 0 bridgehead atoms.